The van der Waals surface area contributed by atoms with E-state index in [1.807, 2.05) is 27.7 Å². The highest BCUT2D eigenvalue weighted by molar-refractivity contribution is 5.81. The third-order valence-corrected chi connectivity index (χ3v) is 3.12. The Labute approximate surface area is 119 Å². The Morgan fingerprint density at radius 3 is 2.05 bits per heavy atom. The number of hydrogen-bond donors (Lipinski definition) is 2. The molecule has 0 fully saturated rings. The van der Waals surface area contributed by atoms with Crippen molar-refractivity contribution in [2.45, 2.75) is 91.1 Å². The predicted octanol–water partition coefficient (Wildman–Crippen LogP) is 3.63. The average molecular weight is 270 g/mol. The monoisotopic (exact) mass is 270 g/mol. The first-order valence-corrected chi connectivity index (χ1v) is 7.92. The summed E-state index contributed by atoms with van der Waals surface area (Å²) in [4.78, 5) is 11.8. The molecule has 2 N–H and O–H groups in total. The zero-order chi connectivity index (χ0) is 14.7. The van der Waals surface area contributed by atoms with E-state index in [4.69, 9.17) is 0 Å². The van der Waals surface area contributed by atoms with Crippen LogP contribution in [0.25, 0.3) is 0 Å². The molecular formula is C16H34N2O. The molecule has 0 aliphatic heterocycles. The molecule has 0 heterocycles. The van der Waals surface area contributed by atoms with Crippen LogP contribution in [0.5, 0.6) is 0 Å². The van der Waals surface area contributed by atoms with Crippen molar-refractivity contribution in [2.24, 2.45) is 0 Å². The summed E-state index contributed by atoms with van der Waals surface area (Å²) in [6.07, 6.45) is 9.15. The highest BCUT2D eigenvalue weighted by Crippen LogP contribution is 2.06. The van der Waals surface area contributed by atoms with Gasteiger partial charge < -0.3 is 10.6 Å². The van der Waals surface area contributed by atoms with E-state index < -0.39 is 0 Å². The van der Waals surface area contributed by atoms with Crippen LogP contribution < -0.4 is 10.6 Å². The summed E-state index contributed by atoms with van der Waals surface area (Å²) >= 11 is 0. The SMILES string of the molecule is CCCCCCCCCNC(C)C(=O)NC(C)(C)C. The summed E-state index contributed by atoms with van der Waals surface area (Å²) in [6, 6.07) is -0.0979. The summed E-state index contributed by atoms with van der Waals surface area (Å²) in [7, 11) is 0. The van der Waals surface area contributed by atoms with E-state index in [9.17, 15) is 4.79 Å². The molecular weight excluding hydrogens is 236 g/mol. The molecule has 1 atom stereocenters. The van der Waals surface area contributed by atoms with Crippen LogP contribution >= 0.6 is 0 Å². The van der Waals surface area contributed by atoms with Gasteiger partial charge in [-0.25, -0.2) is 0 Å². The van der Waals surface area contributed by atoms with Crippen LogP contribution in [-0.2, 0) is 4.79 Å². The summed E-state index contributed by atoms with van der Waals surface area (Å²) < 4.78 is 0. The van der Waals surface area contributed by atoms with Crippen molar-refractivity contribution in [2.75, 3.05) is 6.54 Å². The number of amides is 1. The quantitative estimate of drug-likeness (QED) is 0.595. The fourth-order valence-electron chi connectivity index (χ4n) is 1.97. The molecule has 0 aromatic heterocycles. The van der Waals surface area contributed by atoms with Crippen LogP contribution in [0.4, 0.5) is 0 Å². The van der Waals surface area contributed by atoms with Crippen LogP contribution in [0.2, 0.25) is 0 Å². The van der Waals surface area contributed by atoms with Crippen molar-refractivity contribution in [1.29, 1.82) is 0 Å². The first-order valence-electron chi connectivity index (χ1n) is 7.92. The molecule has 0 spiro atoms. The van der Waals surface area contributed by atoms with Crippen molar-refractivity contribution < 1.29 is 4.79 Å². The van der Waals surface area contributed by atoms with E-state index in [0.29, 0.717) is 0 Å². The lowest BCUT2D eigenvalue weighted by atomic mass is 10.1. The zero-order valence-electron chi connectivity index (χ0n) is 13.6. The van der Waals surface area contributed by atoms with Gasteiger partial charge in [0.1, 0.15) is 0 Å². The minimum atomic E-state index is -0.147. The molecule has 1 unspecified atom stereocenters. The molecule has 3 heteroatoms. The molecule has 0 aliphatic carbocycles. The van der Waals surface area contributed by atoms with E-state index in [1.165, 1.54) is 44.9 Å². The molecule has 19 heavy (non-hydrogen) atoms. The van der Waals surface area contributed by atoms with E-state index in [2.05, 4.69) is 17.6 Å². The topological polar surface area (TPSA) is 41.1 Å². The van der Waals surface area contributed by atoms with Crippen LogP contribution in [-0.4, -0.2) is 24.0 Å². The maximum atomic E-state index is 11.8. The number of hydrogen-bond acceptors (Lipinski definition) is 2. The fourth-order valence-corrected chi connectivity index (χ4v) is 1.97. The van der Waals surface area contributed by atoms with Crippen LogP contribution in [0.3, 0.4) is 0 Å². The fraction of sp³-hybridized carbons (Fsp3) is 0.938. The van der Waals surface area contributed by atoms with Crippen molar-refractivity contribution in [3.63, 3.8) is 0 Å². The number of carbonyl (C=O) groups is 1. The van der Waals surface area contributed by atoms with Gasteiger partial charge in [0.05, 0.1) is 6.04 Å². The van der Waals surface area contributed by atoms with Crippen molar-refractivity contribution in [3.05, 3.63) is 0 Å². The van der Waals surface area contributed by atoms with Gasteiger partial charge in [-0.3, -0.25) is 4.79 Å². The van der Waals surface area contributed by atoms with Gasteiger partial charge in [-0.05, 0) is 40.7 Å². The first kappa shape index (κ1) is 18.4. The zero-order valence-corrected chi connectivity index (χ0v) is 13.6. The lowest BCUT2D eigenvalue weighted by molar-refractivity contribution is -0.124. The van der Waals surface area contributed by atoms with Crippen molar-refractivity contribution in [1.82, 2.24) is 10.6 Å². The van der Waals surface area contributed by atoms with Gasteiger partial charge >= 0.3 is 0 Å². The smallest absolute Gasteiger partial charge is 0.237 e. The third kappa shape index (κ3) is 12.2. The largest absolute Gasteiger partial charge is 0.350 e. The Bertz CT molecular complexity index is 233. The molecule has 0 saturated carbocycles. The molecule has 0 rings (SSSR count). The standard InChI is InChI=1S/C16H34N2O/c1-6-7-8-9-10-11-12-13-17-14(2)15(19)18-16(3,4)5/h14,17H,6-13H2,1-5H3,(H,18,19). The van der Waals surface area contributed by atoms with Gasteiger partial charge in [-0.2, -0.15) is 0 Å². The van der Waals surface area contributed by atoms with Crippen molar-refractivity contribution >= 4 is 5.91 Å². The van der Waals surface area contributed by atoms with E-state index in [1.54, 1.807) is 0 Å². The van der Waals surface area contributed by atoms with Gasteiger partial charge in [-0.15, -0.1) is 0 Å². The Balaban J connectivity index is 3.48. The maximum Gasteiger partial charge on any atom is 0.237 e. The van der Waals surface area contributed by atoms with Crippen molar-refractivity contribution in [3.8, 4) is 0 Å². The summed E-state index contributed by atoms with van der Waals surface area (Å²) in [6.45, 7) is 11.1. The predicted molar refractivity (Wildman–Crippen MR) is 83.4 cm³/mol. The summed E-state index contributed by atoms with van der Waals surface area (Å²) in [5, 5.41) is 6.29. The Hall–Kier alpha value is -0.570. The third-order valence-electron chi connectivity index (χ3n) is 3.12. The molecule has 0 radical (unpaired) electrons. The average Bonchev–Trinajstić information content (AvgIpc) is 2.30. The normalized spacial score (nSPS) is 13.3. The van der Waals surface area contributed by atoms with Gasteiger partial charge in [0.15, 0.2) is 0 Å². The van der Waals surface area contributed by atoms with Crippen LogP contribution in [0, 0.1) is 0 Å². The minimum absolute atomic E-state index is 0.0930. The number of rotatable bonds is 10. The summed E-state index contributed by atoms with van der Waals surface area (Å²) in [5.41, 5.74) is -0.147. The minimum Gasteiger partial charge on any atom is -0.350 e. The summed E-state index contributed by atoms with van der Waals surface area (Å²) in [5.74, 6) is 0.0930. The van der Waals surface area contributed by atoms with Gasteiger partial charge in [0.25, 0.3) is 0 Å². The molecule has 114 valence electrons. The van der Waals surface area contributed by atoms with E-state index >= 15 is 0 Å². The lowest BCUT2D eigenvalue weighted by Gasteiger charge is -2.23. The molecule has 0 aliphatic rings. The van der Waals surface area contributed by atoms with Crippen LogP contribution in [0.15, 0.2) is 0 Å². The molecule has 1 amide bonds. The highest BCUT2D eigenvalue weighted by Gasteiger charge is 2.18. The van der Waals surface area contributed by atoms with E-state index in [-0.39, 0.29) is 17.5 Å². The Morgan fingerprint density at radius 2 is 1.53 bits per heavy atom. The Kier molecular flexibility index (Phi) is 9.94. The molecule has 0 saturated heterocycles. The molecule has 3 nitrogen and oxygen atoms in total. The number of carbonyl (C=O) groups excluding carboxylic acids is 1. The second-order valence-electron chi connectivity index (χ2n) is 6.54. The number of unbranched alkanes of at least 4 members (excludes halogenated alkanes) is 6. The molecule has 0 aromatic rings. The lowest BCUT2D eigenvalue weighted by Crippen LogP contribution is -2.49. The molecule has 0 bridgehead atoms. The second kappa shape index (κ2) is 10.2. The number of nitrogens with one attached hydrogen (secondary N) is 2. The van der Waals surface area contributed by atoms with Gasteiger partial charge in [-0.1, -0.05) is 45.4 Å². The van der Waals surface area contributed by atoms with Gasteiger partial charge in [0, 0.05) is 5.54 Å². The maximum absolute atomic E-state index is 11.8. The first-order chi connectivity index (χ1) is 8.87. The Morgan fingerprint density at radius 1 is 1.00 bits per heavy atom. The highest BCUT2D eigenvalue weighted by atomic mass is 16.2. The second-order valence-corrected chi connectivity index (χ2v) is 6.54. The van der Waals surface area contributed by atoms with Crippen LogP contribution in [0.1, 0.15) is 79.6 Å². The van der Waals surface area contributed by atoms with E-state index in [0.717, 1.165) is 6.54 Å². The molecule has 0 aromatic carbocycles. The van der Waals surface area contributed by atoms with Gasteiger partial charge in [0.2, 0.25) is 5.91 Å².